The molecule has 2 aliphatic heterocycles. The minimum absolute atomic E-state index is 0.00510. The van der Waals surface area contributed by atoms with Crippen molar-refractivity contribution < 1.29 is 14.3 Å². The summed E-state index contributed by atoms with van der Waals surface area (Å²) in [6.45, 7) is 3.99. The summed E-state index contributed by atoms with van der Waals surface area (Å²) < 4.78 is 5.60. The molecule has 1 fully saturated rings. The van der Waals surface area contributed by atoms with Crippen LogP contribution in [0, 0.1) is 0 Å². The largest absolute Gasteiger partial charge is 0.457 e. The smallest absolute Gasteiger partial charge is 0.338 e. The molecule has 0 saturated carbocycles. The molecule has 28 heavy (non-hydrogen) atoms. The number of hydrogen-bond donors (Lipinski definition) is 0. The van der Waals surface area contributed by atoms with Gasteiger partial charge >= 0.3 is 5.97 Å². The highest BCUT2D eigenvalue weighted by atomic mass is 32.2. The third-order valence-electron chi connectivity index (χ3n) is 4.77. The fourth-order valence-corrected chi connectivity index (χ4v) is 5.32. The average Bonchev–Trinajstić information content (AvgIpc) is 3.34. The molecule has 2 atom stereocenters. The number of ether oxygens (including phenoxy) is 1. The molecule has 1 aromatic heterocycles. The number of thioether (sulfide) groups is 1. The Morgan fingerprint density at radius 3 is 2.68 bits per heavy atom. The fraction of sp³-hybridized carbons (Fsp3) is 0.286. The average molecular weight is 413 g/mol. The maximum atomic E-state index is 13.0. The number of carbonyl (C=O) groups is 2. The molecule has 1 amide bonds. The molecule has 7 heteroatoms. The number of nitrogens with zero attached hydrogens (tertiary/aromatic N) is 2. The maximum absolute atomic E-state index is 13.0. The van der Waals surface area contributed by atoms with E-state index in [1.165, 1.54) is 23.1 Å². The van der Waals surface area contributed by atoms with Gasteiger partial charge in [0.25, 0.3) is 0 Å². The number of hydrogen-bond acceptors (Lipinski definition) is 6. The summed E-state index contributed by atoms with van der Waals surface area (Å²) in [6.07, 6.45) is 0.725. The van der Waals surface area contributed by atoms with Crippen molar-refractivity contribution in [3.8, 4) is 0 Å². The van der Waals surface area contributed by atoms with E-state index >= 15 is 0 Å². The van der Waals surface area contributed by atoms with E-state index < -0.39 is 12.0 Å². The molecular formula is C21H20N2O3S2. The van der Waals surface area contributed by atoms with Crippen molar-refractivity contribution in [2.75, 3.05) is 0 Å². The SMILES string of the molecule is CCC1SC2=NC(C)=C(C(=O)OCc3ccccc3)C(c3cccs3)N2C1=O. The fourth-order valence-electron chi connectivity index (χ4n) is 3.37. The molecule has 0 N–H and O–H groups in total. The molecule has 144 valence electrons. The van der Waals surface area contributed by atoms with Crippen molar-refractivity contribution in [1.29, 1.82) is 0 Å². The number of rotatable bonds is 5. The lowest BCUT2D eigenvalue weighted by atomic mass is 10.00. The zero-order valence-corrected chi connectivity index (χ0v) is 17.3. The van der Waals surface area contributed by atoms with Gasteiger partial charge < -0.3 is 4.74 Å². The second kappa shape index (κ2) is 7.93. The van der Waals surface area contributed by atoms with Gasteiger partial charge in [0.15, 0.2) is 5.17 Å². The summed E-state index contributed by atoms with van der Waals surface area (Å²) in [4.78, 5) is 33.2. The third-order valence-corrected chi connectivity index (χ3v) is 7.01. The number of amidine groups is 1. The number of allylic oxidation sites excluding steroid dienone is 1. The lowest BCUT2D eigenvalue weighted by Gasteiger charge is -2.32. The van der Waals surface area contributed by atoms with Gasteiger partial charge in [-0.1, -0.05) is 55.1 Å². The van der Waals surface area contributed by atoms with E-state index in [2.05, 4.69) is 4.99 Å². The molecule has 5 nitrogen and oxygen atoms in total. The zero-order chi connectivity index (χ0) is 19.7. The van der Waals surface area contributed by atoms with Crippen LogP contribution in [0.3, 0.4) is 0 Å². The van der Waals surface area contributed by atoms with E-state index in [1.54, 1.807) is 4.90 Å². The van der Waals surface area contributed by atoms with Crippen molar-refractivity contribution in [2.24, 2.45) is 4.99 Å². The molecule has 2 aliphatic rings. The first-order valence-corrected chi connectivity index (χ1v) is 10.9. The van der Waals surface area contributed by atoms with Crippen LogP contribution >= 0.6 is 23.1 Å². The Balaban J connectivity index is 1.67. The lowest BCUT2D eigenvalue weighted by Crippen LogP contribution is -2.40. The molecule has 0 radical (unpaired) electrons. The molecule has 0 bridgehead atoms. The first-order chi connectivity index (χ1) is 13.6. The van der Waals surface area contributed by atoms with Crippen LogP contribution in [-0.2, 0) is 20.9 Å². The first-order valence-electron chi connectivity index (χ1n) is 9.13. The quantitative estimate of drug-likeness (QED) is 0.677. The number of benzene rings is 1. The monoisotopic (exact) mass is 412 g/mol. The summed E-state index contributed by atoms with van der Waals surface area (Å²) in [6, 6.07) is 13.0. The van der Waals surface area contributed by atoms with Crippen LogP contribution in [0.25, 0.3) is 0 Å². The van der Waals surface area contributed by atoms with E-state index in [0.717, 1.165) is 16.9 Å². The van der Waals surface area contributed by atoms with E-state index in [4.69, 9.17) is 4.74 Å². The highest BCUT2D eigenvalue weighted by Crippen LogP contribution is 2.45. The maximum Gasteiger partial charge on any atom is 0.338 e. The van der Waals surface area contributed by atoms with Crippen molar-refractivity contribution in [2.45, 2.75) is 38.2 Å². The van der Waals surface area contributed by atoms with Gasteiger partial charge in [-0.15, -0.1) is 11.3 Å². The van der Waals surface area contributed by atoms with Crippen molar-refractivity contribution in [3.05, 3.63) is 69.6 Å². The Hall–Kier alpha value is -2.38. The molecule has 2 unspecified atom stereocenters. The number of amides is 1. The third kappa shape index (κ3) is 3.40. The van der Waals surface area contributed by atoms with E-state index in [-0.39, 0.29) is 17.8 Å². The van der Waals surface area contributed by atoms with Gasteiger partial charge in [-0.25, -0.2) is 9.79 Å². The standard InChI is InChI=1S/C21H20N2O3S2/c1-3-15-19(24)23-18(16-10-7-11-27-16)17(13(2)22-21(23)28-15)20(25)26-12-14-8-5-4-6-9-14/h4-11,15,18H,3,12H2,1-2H3. The van der Waals surface area contributed by atoms with Crippen LogP contribution in [0.15, 0.2) is 64.1 Å². The molecule has 2 aromatic rings. The molecular weight excluding hydrogens is 392 g/mol. The number of carbonyl (C=O) groups excluding carboxylic acids is 2. The van der Waals surface area contributed by atoms with E-state index in [1.807, 2.05) is 61.7 Å². The molecule has 0 aliphatic carbocycles. The van der Waals surface area contributed by atoms with Crippen LogP contribution in [0.2, 0.25) is 0 Å². The first kappa shape index (κ1) is 19.0. The van der Waals surface area contributed by atoms with Crippen molar-refractivity contribution in [3.63, 3.8) is 0 Å². The van der Waals surface area contributed by atoms with Gasteiger partial charge in [-0.2, -0.15) is 0 Å². The number of thiophene rings is 1. The summed E-state index contributed by atoms with van der Waals surface area (Å²) in [5, 5.41) is 2.47. The Kier molecular flexibility index (Phi) is 5.37. The van der Waals surface area contributed by atoms with E-state index in [0.29, 0.717) is 16.4 Å². The Labute approximate surface area is 172 Å². The topological polar surface area (TPSA) is 59.0 Å². The normalized spacial score (nSPS) is 21.6. The highest BCUT2D eigenvalue weighted by molar-refractivity contribution is 8.15. The Morgan fingerprint density at radius 2 is 2.00 bits per heavy atom. The zero-order valence-electron chi connectivity index (χ0n) is 15.6. The van der Waals surface area contributed by atoms with Crippen molar-refractivity contribution >= 4 is 40.1 Å². The number of esters is 1. The summed E-state index contributed by atoms with van der Waals surface area (Å²) in [5.74, 6) is -0.425. The number of fused-ring (bicyclic) bond motifs is 1. The van der Waals surface area contributed by atoms with Gasteiger partial charge in [-0.05, 0) is 30.4 Å². The Morgan fingerprint density at radius 1 is 1.21 bits per heavy atom. The predicted octanol–water partition coefficient (Wildman–Crippen LogP) is 4.53. The van der Waals surface area contributed by atoms with Crippen molar-refractivity contribution in [1.82, 2.24) is 4.90 Å². The minimum atomic E-state index is -0.479. The molecule has 1 saturated heterocycles. The van der Waals surface area contributed by atoms with Gasteiger partial charge in [0.1, 0.15) is 12.6 Å². The number of aliphatic imine (C=N–C) groups is 1. The molecule has 0 spiro atoms. The Bertz CT molecular complexity index is 951. The summed E-state index contributed by atoms with van der Waals surface area (Å²) >= 11 is 3.00. The predicted molar refractivity (Wildman–Crippen MR) is 112 cm³/mol. The van der Waals surface area contributed by atoms with Crippen LogP contribution in [0.4, 0.5) is 0 Å². The van der Waals surface area contributed by atoms with Crippen LogP contribution < -0.4 is 0 Å². The molecule has 1 aromatic carbocycles. The van der Waals surface area contributed by atoms with Gasteiger partial charge in [0.05, 0.1) is 16.5 Å². The highest BCUT2D eigenvalue weighted by Gasteiger charge is 2.47. The van der Waals surface area contributed by atoms with E-state index in [9.17, 15) is 9.59 Å². The molecule has 4 rings (SSSR count). The minimum Gasteiger partial charge on any atom is -0.457 e. The van der Waals surface area contributed by atoms with Gasteiger partial charge in [0, 0.05) is 4.88 Å². The van der Waals surface area contributed by atoms with Crippen LogP contribution in [-0.4, -0.2) is 27.2 Å². The summed E-state index contributed by atoms with van der Waals surface area (Å²) in [7, 11) is 0. The van der Waals surface area contributed by atoms with Crippen LogP contribution in [0.5, 0.6) is 0 Å². The van der Waals surface area contributed by atoms with Crippen LogP contribution in [0.1, 0.15) is 36.8 Å². The summed E-state index contributed by atoms with van der Waals surface area (Å²) in [5.41, 5.74) is 1.97. The second-order valence-electron chi connectivity index (χ2n) is 6.60. The second-order valence-corrected chi connectivity index (χ2v) is 8.75. The lowest BCUT2D eigenvalue weighted by molar-refractivity contribution is -0.141. The van der Waals surface area contributed by atoms with Gasteiger partial charge in [-0.3, -0.25) is 9.69 Å². The molecule has 3 heterocycles. The van der Waals surface area contributed by atoms with Gasteiger partial charge in [0.2, 0.25) is 5.91 Å².